The molecule has 1 unspecified atom stereocenters. The summed E-state index contributed by atoms with van der Waals surface area (Å²) < 4.78 is 5.45. The Kier molecular flexibility index (Phi) is 9.14. The Hall–Kier alpha value is -1.83. The van der Waals surface area contributed by atoms with Crippen LogP contribution in [0.4, 0.5) is 16.2 Å². The first-order valence-corrected chi connectivity index (χ1v) is 7.88. The quantitative estimate of drug-likeness (QED) is 0.601. The van der Waals surface area contributed by atoms with E-state index in [4.69, 9.17) is 4.74 Å². The minimum absolute atomic E-state index is 0. The van der Waals surface area contributed by atoms with Crippen molar-refractivity contribution < 1.29 is 14.3 Å². The average Bonchev–Trinajstić information content (AvgIpc) is 3.06. The molecule has 8 heteroatoms. The zero-order valence-electron chi connectivity index (χ0n) is 13.8. The lowest BCUT2D eigenvalue weighted by molar-refractivity contribution is -0.116. The zero-order valence-corrected chi connectivity index (χ0v) is 14.6. The summed E-state index contributed by atoms with van der Waals surface area (Å²) >= 11 is 0. The van der Waals surface area contributed by atoms with Crippen LogP contribution in [0.15, 0.2) is 24.3 Å². The van der Waals surface area contributed by atoms with Crippen molar-refractivity contribution >= 4 is 35.7 Å². The molecule has 24 heavy (non-hydrogen) atoms. The second kappa shape index (κ2) is 10.9. The molecule has 1 heterocycles. The number of hydrogen-bond donors (Lipinski definition) is 4. The fraction of sp³-hybridized carbons (Fsp3) is 0.500. The molecule has 1 atom stereocenters. The van der Waals surface area contributed by atoms with Gasteiger partial charge in [0, 0.05) is 37.5 Å². The van der Waals surface area contributed by atoms with Crippen LogP contribution in [0.5, 0.6) is 0 Å². The molecule has 0 aromatic heterocycles. The molecular formula is C16H25ClN4O3. The molecule has 1 aliphatic heterocycles. The summed E-state index contributed by atoms with van der Waals surface area (Å²) in [5.74, 6) is -0.0469. The van der Waals surface area contributed by atoms with Gasteiger partial charge in [0.15, 0.2) is 0 Å². The first kappa shape index (κ1) is 20.2. The molecular weight excluding hydrogens is 332 g/mol. The normalized spacial score (nSPS) is 16.1. The number of benzene rings is 1. The third-order valence-corrected chi connectivity index (χ3v) is 3.54. The topological polar surface area (TPSA) is 91.5 Å². The summed E-state index contributed by atoms with van der Waals surface area (Å²) in [6.07, 6.45) is 2.58. The van der Waals surface area contributed by atoms with Crippen molar-refractivity contribution in [3.63, 3.8) is 0 Å². The smallest absolute Gasteiger partial charge is 0.319 e. The van der Waals surface area contributed by atoms with Gasteiger partial charge in [0.25, 0.3) is 0 Å². The van der Waals surface area contributed by atoms with Gasteiger partial charge >= 0.3 is 6.03 Å². The van der Waals surface area contributed by atoms with Gasteiger partial charge in [0.2, 0.25) is 5.91 Å². The van der Waals surface area contributed by atoms with Crippen LogP contribution in [0.3, 0.4) is 0 Å². The summed E-state index contributed by atoms with van der Waals surface area (Å²) in [6, 6.07) is 6.75. The Bertz CT molecular complexity index is 519. The Morgan fingerprint density at radius 2 is 1.83 bits per heavy atom. The van der Waals surface area contributed by atoms with E-state index >= 15 is 0 Å². The van der Waals surface area contributed by atoms with E-state index < -0.39 is 0 Å². The molecule has 7 nitrogen and oxygen atoms in total. The Morgan fingerprint density at radius 1 is 1.17 bits per heavy atom. The summed E-state index contributed by atoms with van der Waals surface area (Å²) in [7, 11) is 1.80. The van der Waals surface area contributed by atoms with Gasteiger partial charge in [-0.1, -0.05) is 0 Å². The first-order valence-electron chi connectivity index (χ1n) is 7.88. The lowest BCUT2D eigenvalue weighted by Gasteiger charge is -2.12. The highest BCUT2D eigenvalue weighted by Crippen LogP contribution is 2.14. The molecule has 0 saturated carbocycles. The molecule has 1 aliphatic rings. The fourth-order valence-electron chi connectivity index (χ4n) is 2.29. The van der Waals surface area contributed by atoms with E-state index in [2.05, 4.69) is 21.3 Å². The van der Waals surface area contributed by atoms with Crippen molar-refractivity contribution in [3.05, 3.63) is 24.3 Å². The van der Waals surface area contributed by atoms with Crippen molar-refractivity contribution in [2.24, 2.45) is 0 Å². The first-order chi connectivity index (χ1) is 11.2. The van der Waals surface area contributed by atoms with Crippen molar-refractivity contribution in [1.82, 2.24) is 10.6 Å². The van der Waals surface area contributed by atoms with Crippen LogP contribution in [0, 0.1) is 0 Å². The van der Waals surface area contributed by atoms with Crippen LogP contribution in [0.1, 0.15) is 19.3 Å². The molecule has 1 saturated heterocycles. The van der Waals surface area contributed by atoms with Crippen LogP contribution in [-0.2, 0) is 9.53 Å². The molecule has 1 aromatic carbocycles. The molecule has 0 aliphatic carbocycles. The number of ether oxygens (including phenoxy) is 1. The molecule has 4 N–H and O–H groups in total. The highest BCUT2D eigenvalue weighted by Gasteiger charge is 2.16. The number of nitrogens with one attached hydrogen (secondary N) is 4. The van der Waals surface area contributed by atoms with E-state index in [1.165, 1.54) is 0 Å². The van der Waals surface area contributed by atoms with E-state index in [9.17, 15) is 9.59 Å². The fourth-order valence-corrected chi connectivity index (χ4v) is 2.29. The third kappa shape index (κ3) is 7.16. The number of urea groups is 1. The minimum atomic E-state index is -0.258. The number of hydrogen-bond acceptors (Lipinski definition) is 4. The summed E-state index contributed by atoms with van der Waals surface area (Å²) in [4.78, 5) is 23.4. The van der Waals surface area contributed by atoms with Crippen LogP contribution >= 0.6 is 12.4 Å². The second-order valence-electron chi connectivity index (χ2n) is 5.45. The van der Waals surface area contributed by atoms with Crippen LogP contribution in [0.25, 0.3) is 0 Å². The maximum Gasteiger partial charge on any atom is 0.319 e. The van der Waals surface area contributed by atoms with Crippen molar-refractivity contribution in [1.29, 1.82) is 0 Å². The molecule has 0 bridgehead atoms. The van der Waals surface area contributed by atoms with E-state index in [0.717, 1.165) is 19.4 Å². The molecule has 1 aromatic rings. The lowest BCUT2D eigenvalue weighted by atomic mass is 10.2. The van der Waals surface area contributed by atoms with Gasteiger partial charge in [-0.2, -0.15) is 0 Å². The molecule has 1 fully saturated rings. The monoisotopic (exact) mass is 356 g/mol. The lowest BCUT2D eigenvalue weighted by Crippen LogP contribution is -2.35. The van der Waals surface area contributed by atoms with E-state index in [0.29, 0.717) is 30.9 Å². The molecule has 134 valence electrons. The Morgan fingerprint density at radius 3 is 2.42 bits per heavy atom. The number of carbonyl (C=O) groups is 2. The van der Waals surface area contributed by atoms with Gasteiger partial charge in [0.05, 0.1) is 6.10 Å². The van der Waals surface area contributed by atoms with Crippen molar-refractivity contribution in [2.75, 3.05) is 37.4 Å². The SMILES string of the molecule is CNCCC(=O)Nc1ccc(NC(=O)NCC2CCCO2)cc1.Cl. The predicted octanol–water partition coefficient (Wildman–Crippen LogP) is 1.96. The van der Waals surface area contributed by atoms with Gasteiger partial charge in [0.1, 0.15) is 0 Å². The number of anilines is 2. The largest absolute Gasteiger partial charge is 0.376 e. The van der Waals surface area contributed by atoms with Gasteiger partial charge in [-0.3, -0.25) is 4.79 Å². The van der Waals surface area contributed by atoms with Crippen LogP contribution < -0.4 is 21.3 Å². The van der Waals surface area contributed by atoms with E-state index in [1.807, 2.05) is 0 Å². The number of amides is 3. The van der Waals surface area contributed by atoms with Gasteiger partial charge in [-0.05, 0) is 44.2 Å². The third-order valence-electron chi connectivity index (χ3n) is 3.54. The van der Waals surface area contributed by atoms with Crippen molar-refractivity contribution in [2.45, 2.75) is 25.4 Å². The van der Waals surface area contributed by atoms with E-state index in [-0.39, 0.29) is 30.4 Å². The number of carbonyl (C=O) groups excluding carboxylic acids is 2. The summed E-state index contributed by atoms with van der Waals surface area (Å²) in [5, 5.41) is 11.3. The maximum absolute atomic E-state index is 11.8. The highest BCUT2D eigenvalue weighted by atomic mass is 35.5. The Balaban J connectivity index is 0.00000288. The van der Waals surface area contributed by atoms with Gasteiger partial charge < -0.3 is 26.0 Å². The number of halogens is 1. The van der Waals surface area contributed by atoms with Gasteiger partial charge in [-0.25, -0.2) is 4.79 Å². The predicted molar refractivity (Wildman–Crippen MR) is 96.9 cm³/mol. The average molecular weight is 357 g/mol. The molecule has 0 spiro atoms. The van der Waals surface area contributed by atoms with Crippen molar-refractivity contribution in [3.8, 4) is 0 Å². The standard InChI is InChI=1S/C16H24N4O3.ClH/c1-17-9-8-15(21)19-12-4-6-13(7-5-12)20-16(22)18-11-14-3-2-10-23-14;/h4-7,14,17H,2-3,8-11H2,1H3,(H,19,21)(H2,18,20,22);1H. The molecule has 0 radical (unpaired) electrons. The van der Waals surface area contributed by atoms with E-state index in [1.54, 1.807) is 31.3 Å². The number of rotatable bonds is 7. The minimum Gasteiger partial charge on any atom is -0.376 e. The zero-order chi connectivity index (χ0) is 16.5. The maximum atomic E-state index is 11.8. The highest BCUT2D eigenvalue weighted by molar-refractivity contribution is 5.92. The second-order valence-corrected chi connectivity index (χ2v) is 5.45. The van der Waals surface area contributed by atoms with Crippen LogP contribution in [-0.4, -0.2) is 44.8 Å². The summed E-state index contributed by atoms with van der Waals surface area (Å²) in [5.41, 5.74) is 1.37. The van der Waals surface area contributed by atoms with Gasteiger partial charge in [-0.15, -0.1) is 12.4 Å². The summed E-state index contributed by atoms with van der Waals surface area (Å²) in [6.45, 7) is 1.93. The van der Waals surface area contributed by atoms with Crippen LogP contribution in [0.2, 0.25) is 0 Å². The Labute approximate surface area is 148 Å². The molecule has 2 rings (SSSR count). The molecule has 3 amide bonds.